The maximum atomic E-state index is 11.0. The summed E-state index contributed by atoms with van der Waals surface area (Å²) in [5.74, 6) is 0. The van der Waals surface area contributed by atoms with Gasteiger partial charge in [-0.2, -0.15) is 0 Å². The molecule has 93 valence electrons. The lowest BCUT2D eigenvalue weighted by Gasteiger charge is -2.28. The van der Waals surface area contributed by atoms with Gasteiger partial charge in [-0.05, 0) is 20.8 Å². The van der Waals surface area contributed by atoms with Crippen molar-refractivity contribution in [3.05, 3.63) is 0 Å². The molecule has 0 saturated heterocycles. The molecular weight excluding hydrogens is 212 g/mol. The van der Waals surface area contributed by atoms with E-state index in [4.69, 9.17) is 9.47 Å². The molecular formula is C10H18N2O4-. The molecule has 0 saturated carbocycles. The van der Waals surface area contributed by atoms with Gasteiger partial charge in [0.1, 0.15) is 5.60 Å². The number of hydrogen-bond acceptors (Lipinski definition) is 5. The Bertz CT molecular complexity index is 274. The number of nitrogens with zero attached hydrogens (tertiary/aromatic N) is 2. The fourth-order valence-electron chi connectivity index (χ4n) is 0.646. The third-order valence-corrected chi connectivity index (χ3v) is 1.00. The fraction of sp³-hybridized carbons (Fsp3) is 0.800. The second-order valence-corrected chi connectivity index (χ2v) is 5.16. The SMILES string of the molecule is CC(C)(C)OC(=O)[N]/N=C(\[O-])OC(C)(C)C. The van der Waals surface area contributed by atoms with Crippen LogP contribution in [0.25, 0.3) is 0 Å². The van der Waals surface area contributed by atoms with E-state index in [0.717, 1.165) is 0 Å². The van der Waals surface area contributed by atoms with Crippen LogP contribution in [-0.4, -0.2) is 23.4 Å². The molecule has 16 heavy (non-hydrogen) atoms. The molecule has 0 atom stereocenters. The van der Waals surface area contributed by atoms with E-state index in [9.17, 15) is 9.90 Å². The minimum atomic E-state index is -0.918. The van der Waals surface area contributed by atoms with E-state index in [0.29, 0.717) is 0 Å². The minimum Gasteiger partial charge on any atom is -0.593 e. The molecule has 6 heteroatoms. The van der Waals surface area contributed by atoms with Crippen molar-refractivity contribution in [3.8, 4) is 0 Å². The van der Waals surface area contributed by atoms with Crippen molar-refractivity contribution < 1.29 is 19.4 Å². The highest BCUT2D eigenvalue weighted by Gasteiger charge is 2.16. The molecule has 0 fully saturated rings. The molecule has 0 spiro atoms. The van der Waals surface area contributed by atoms with E-state index in [1.165, 1.54) is 0 Å². The minimum absolute atomic E-state index is 0.663. The Balaban J connectivity index is 4.13. The van der Waals surface area contributed by atoms with Crippen molar-refractivity contribution in [2.45, 2.75) is 52.7 Å². The van der Waals surface area contributed by atoms with Crippen LogP contribution in [0.15, 0.2) is 5.10 Å². The van der Waals surface area contributed by atoms with Crippen molar-refractivity contribution in [3.63, 3.8) is 0 Å². The first-order valence-corrected chi connectivity index (χ1v) is 4.87. The zero-order valence-electron chi connectivity index (χ0n) is 10.5. The summed E-state index contributed by atoms with van der Waals surface area (Å²) in [6.45, 7) is 10.1. The van der Waals surface area contributed by atoms with Crippen molar-refractivity contribution >= 4 is 12.2 Å². The van der Waals surface area contributed by atoms with Gasteiger partial charge in [0.2, 0.25) is 0 Å². The first kappa shape index (κ1) is 14.5. The maximum absolute atomic E-state index is 11.0. The first-order chi connectivity index (χ1) is 6.99. The van der Waals surface area contributed by atoms with Gasteiger partial charge in [-0.25, -0.2) is 4.79 Å². The Morgan fingerprint density at radius 1 is 1.00 bits per heavy atom. The molecule has 6 nitrogen and oxygen atoms in total. The highest BCUT2D eigenvalue weighted by atomic mass is 16.6. The lowest BCUT2D eigenvalue weighted by atomic mass is 10.2. The zero-order chi connectivity index (χ0) is 13.0. The van der Waals surface area contributed by atoms with E-state index < -0.39 is 23.4 Å². The van der Waals surface area contributed by atoms with Gasteiger partial charge in [0, 0.05) is 5.60 Å². The predicted molar refractivity (Wildman–Crippen MR) is 56.6 cm³/mol. The Hall–Kier alpha value is -1.46. The Kier molecular flexibility index (Phi) is 4.59. The smallest absolute Gasteiger partial charge is 0.453 e. The predicted octanol–water partition coefficient (Wildman–Crippen LogP) is 0.972. The van der Waals surface area contributed by atoms with Crippen molar-refractivity contribution in [1.29, 1.82) is 0 Å². The monoisotopic (exact) mass is 230 g/mol. The summed E-state index contributed by atoms with van der Waals surface area (Å²) in [5, 5.41) is 14.1. The van der Waals surface area contributed by atoms with Crippen LogP contribution in [0.4, 0.5) is 4.79 Å². The van der Waals surface area contributed by atoms with Crippen molar-refractivity contribution in [2.24, 2.45) is 5.10 Å². The molecule has 1 amide bonds. The summed E-state index contributed by atoms with van der Waals surface area (Å²) in [7, 11) is 0. The number of hydrogen-bond donors (Lipinski definition) is 0. The van der Waals surface area contributed by atoms with E-state index in [-0.39, 0.29) is 0 Å². The zero-order valence-corrected chi connectivity index (χ0v) is 10.5. The second kappa shape index (κ2) is 5.05. The van der Waals surface area contributed by atoms with Gasteiger partial charge in [-0.15, -0.1) is 5.10 Å². The molecule has 0 rings (SSSR count). The van der Waals surface area contributed by atoms with Crippen molar-refractivity contribution in [1.82, 2.24) is 5.43 Å². The van der Waals surface area contributed by atoms with E-state index >= 15 is 0 Å². The van der Waals surface area contributed by atoms with Gasteiger partial charge in [0.15, 0.2) is 6.08 Å². The first-order valence-electron chi connectivity index (χ1n) is 4.87. The molecule has 1 radical (unpaired) electrons. The molecule has 0 aromatic carbocycles. The molecule has 0 aliphatic carbocycles. The molecule has 0 heterocycles. The average Bonchev–Trinajstić information content (AvgIpc) is 1.94. The quantitative estimate of drug-likeness (QED) is 0.381. The van der Waals surface area contributed by atoms with Crippen LogP contribution < -0.4 is 10.5 Å². The van der Waals surface area contributed by atoms with Crippen LogP contribution in [0.1, 0.15) is 41.5 Å². The summed E-state index contributed by atoms with van der Waals surface area (Å²) in [6, 6.07) is 0. The van der Waals surface area contributed by atoms with Gasteiger partial charge in [0.25, 0.3) is 0 Å². The van der Waals surface area contributed by atoms with Crippen molar-refractivity contribution in [2.75, 3.05) is 0 Å². The third-order valence-electron chi connectivity index (χ3n) is 1.00. The van der Waals surface area contributed by atoms with Crippen LogP contribution in [0, 0.1) is 0 Å². The molecule has 0 aliphatic rings. The van der Waals surface area contributed by atoms with Gasteiger partial charge in [-0.1, -0.05) is 26.2 Å². The average molecular weight is 230 g/mol. The highest BCUT2D eigenvalue weighted by molar-refractivity contribution is 5.70. The van der Waals surface area contributed by atoms with Gasteiger partial charge < -0.3 is 14.6 Å². The van der Waals surface area contributed by atoms with Crippen LogP contribution in [0.5, 0.6) is 0 Å². The van der Waals surface area contributed by atoms with Crippen LogP contribution in [-0.2, 0) is 9.47 Å². The largest absolute Gasteiger partial charge is 0.593 e. The Labute approximate surface area is 95.6 Å². The summed E-state index contributed by atoms with van der Waals surface area (Å²) in [5.41, 5.74) is 1.76. The summed E-state index contributed by atoms with van der Waals surface area (Å²) in [6.07, 6.45) is -1.84. The Morgan fingerprint density at radius 3 is 1.81 bits per heavy atom. The number of ether oxygens (including phenoxy) is 2. The number of amides is 1. The van der Waals surface area contributed by atoms with Gasteiger partial charge in [0.05, 0.1) is 0 Å². The van der Waals surface area contributed by atoms with E-state index in [2.05, 4.69) is 10.5 Å². The fourth-order valence-corrected chi connectivity index (χ4v) is 0.646. The topological polar surface area (TPSA) is 85.1 Å². The Morgan fingerprint density at radius 2 is 1.44 bits per heavy atom. The molecule has 0 aromatic heterocycles. The lowest BCUT2D eigenvalue weighted by molar-refractivity contribution is -0.261. The van der Waals surface area contributed by atoms with Crippen LogP contribution in [0.2, 0.25) is 0 Å². The summed E-state index contributed by atoms with van der Waals surface area (Å²) < 4.78 is 9.62. The van der Waals surface area contributed by atoms with Gasteiger partial charge in [-0.3, -0.25) is 0 Å². The summed E-state index contributed by atoms with van der Waals surface area (Å²) in [4.78, 5) is 11.0. The van der Waals surface area contributed by atoms with Crippen LogP contribution >= 0.6 is 0 Å². The number of rotatable bonds is 1. The molecule has 0 aliphatic heterocycles. The standard InChI is InChI=1S/C10H19N2O4/c1-9(2,3)15-7(13)11-12-8(14)16-10(4,5)6/h1-6H3,(H,11,13)/p-1. The summed E-state index contributed by atoms with van der Waals surface area (Å²) >= 11 is 0. The van der Waals surface area contributed by atoms with E-state index in [1.807, 2.05) is 0 Å². The second-order valence-electron chi connectivity index (χ2n) is 5.16. The number of carbonyl (C=O) groups is 1. The molecule has 0 bridgehead atoms. The highest BCUT2D eigenvalue weighted by Crippen LogP contribution is 2.07. The maximum Gasteiger partial charge on any atom is 0.453 e. The third kappa shape index (κ3) is 9.11. The molecule has 0 unspecified atom stereocenters. The normalized spacial score (nSPS) is 13.2. The van der Waals surface area contributed by atoms with Crippen LogP contribution in [0.3, 0.4) is 0 Å². The van der Waals surface area contributed by atoms with E-state index in [1.54, 1.807) is 41.5 Å². The molecule has 0 N–H and O–H groups in total. The van der Waals surface area contributed by atoms with Gasteiger partial charge >= 0.3 is 6.09 Å². The lowest BCUT2D eigenvalue weighted by Crippen LogP contribution is -2.34. The number of carbonyl (C=O) groups excluding carboxylic acids is 1. The molecule has 0 aromatic rings.